The number of nitrogens with one attached hydrogen (secondary N) is 2. The molecule has 0 aliphatic heterocycles. The summed E-state index contributed by atoms with van der Waals surface area (Å²) in [6.07, 6.45) is 1.59. The number of aliphatic hydroxyl groups excluding tert-OH is 1. The summed E-state index contributed by atoms with van der Waals surface area (Å²) in [6, 6.07) is 5.94. The van der Waals surface area contributed by atoms with Crippen LogP contribution in [0.2, 0.25) is 0 Å². The summed E-state index contributed by atoms with van der Waals surface area (Å²) >= 11 is 0. The summed E-state index contributed by atoms with van der Waals surface area (Å²) in [5.41, 5.74) is -0.357. The highest BCUT2D eigenvalue weighted by atomic mass is 19.1. The van der Waals surface area contributed by atoms with Gasteiger partial charge in [-0.05, 0) is 44.4 Å². The summed E-state index contributed by atoms with van der Waals surface area (Å²) in [6.45, 7) is 3.32. The van der Waals surface area contributed by atoms with Gasteiger partial charge in [-0.2, -0.15) is 0 Å². The maximum atomic E-state index is 13.2. The molecule has 1 aromatic rings. The highest BCUT2D eigenvalue weighted by Crippen LogP contribution is 2.45. The van der Waals surface area contributed by atoms with Gasteiger partial charge in [0.15, 0.2) is 0 Å². The lowest BCUT2D eigenvalue weighted by Crippen LogP contribution is -2.52. The van der Waals surface area contributed by atoms with E-state index in [1.165, 1.54) is 12.1 Å². The van der Waals surface area contributed by atoms with Crippen LogP contribution in [0, 0.1) is 5.82 Å². The topological polar surface area (TPSA) is 61.4 Å². The minimum absolute atomic E-state index is 0.145. The molecule has 19 heavy (non-hydrogen) atoms. The van der Waals surface area contributed by atoms with Gasteiger partial charge in [0.2, 0.25) is 0 Å². The van der Waals surface area contributed by atoms with Gasteiger partial charge in [-0.3, -0.25) is 0 Å². The Balaban J connectivity index is 2.05. The molecule has 104 valence electrons. The molecule has 0 saturated heterocycles. The van der Waals surface area contributed by atoms with Crippen molar-refractivity contribution in [2.45, 2.75) is 37.8 Å². The lowest BCUT2D eigenvalue weighted by molar-refractivity contribution is 0.179. The molecule has 0 unspecified atom stereocenters. The Bertz CT molecular complexity index is 484. The van der Waals surface area contributed by atoms with E-state index < -0.39 is 11.1 Å². The van der Waals surface area contributed by atoms with Gasteiger partial charge >= 0.3 is 6.03 Å². The Morgan fingerprint density at radius 3 is 2.68 bits per heavy atom. The van der Waals surface area contributed by atoms with E-state index in [-0.39, 0.29) is 18.5 Å². The van der Waals surface area contributed by atoms with Gasteiger partial charge < -0.3 is 15.7 Å². The Hall–Kier alpha value is -1.62. The molecule has 1 aliphatic rings. The zero-order valence-electron chi connectivity index (χ0n) is 11.2. The summed E-state index contributed by atoms with van der Waals surface area (Å²) < 4.78 is 13.2. The zero-order valence-corrected chi connectivity index (χ0v) is 11.2. The van der Waals surface area contributed by atoms with E-state index in [0.717, 1.165) is 18.4 Å². The van der Waals surface area contributed by atoms with Crippen LogP contribution < -0.4 is 10.6 Å². The molecule has 2 rings (SSSR count). The molecule has 2 amide bonds. The van der Waals surface area contributed by atoms with Crippen LogP contribution in [-0.2, 0) is 5.54 Å². The van der Waals surface area contributed by atoms with Crippen molar-refractivity contribution in [3.05, 3.63) is 35.6 Å². The summed E-state index contributed by atoms with van der Waals surface area (Å²) in [5, 5.41) is 14.7. The number of aliphatic hydroxyl groups is 1. The molecule has 0 radical (unpaired) electrons. The van der Waals surface area contributed by atoms with E-state index in [9.17, 15) is 9.18 Å². The van der Waals surface area contributed by atoms with Crippen LogP contribution in [0.25, 0.3) is 0 Å². The molecule has 1 fully saturated rings. The van der Waals surface area contributed by atoms with Gasteiger partial charge in [-0.1, -0.05) is 12.1 Å². The Kier molecular flexibility index (Phi) is 3.49. The van der Waals surface area contributed by atoms with Gasteiger partial charge in [0.1, 0.15) is 5.82 Å². The fourth-order valence-corrected chi connectivity index (χ4v) is 1.99. The number of rotatable bonds is 4. The van der Waals surface area contributed by atoms with E-state index in [4.69, 9.17) is 5.11 Å². The van der Waals surface area contributed by atoms with Crippen LogP contribution in [0.15, 0.2) is 24.3 Å². The molecule has 0 aromatic heterocycles. The molecule has 3 N–H and O–H groups in total. The third-order valence-electron chi connectivity index (χ3n) is 3.33. The van der Waals surface area contributed by atoms with Crippen molar-refractivity contribution in [1.29, 1.82) is 0 Å². The number of urea groups is 1. The van der Waals surface area contributed by atoms with Crippen molar-refractivity contribution >= 4 is 6.03 Å². The van der Waals surface area contributed by atoms with Crippen LogP contribution in [0.3, 0.4) is 0 Å². The van der Waals surface area contributed by atoms with Gasteiger partial charge in [0, 0.05) is 0 Å². The second-order valence-electron chi connectivity index (χ2n) is 5.71. The molecule has 1 saturated carbocycles. The third-order valence-corrected chi connectivity index (χ3v) is 3.33. The Morgan fingerprint density at radius 1 is 1.47 bits per heavy atom. The van der Waals surface area contributed by atoms with Crippen LogP contribution in [0.4, 0.5) is 9.18 Å². The number of hydrogen-bond acceptors (Lipinski definition) is 2. The van der Waals surface area contributed by atoms with E-state index in [0.29, 0.717) is 0 Å². The molecule has 0 atom stereocenters. The predicted octanol–water partition coefficient (Wildman–Crippen LogP) is 1.88. The summed E-state index contributed by atoms with van der Waals surface area (Å²) in [7, 11) is 0. The van der Waals surface area contributed by atoms with Crippen LogP contribution in [-0.4, -0.2) is 23.3 Å². The molecular formula is C14H19FN2O2. The fourth-order valence-electron chi connectivity index (χ4n) is 1.99. The maximum Gasteiger partial charge on any atom is 0.315 e. The van der Waals surface area contributed by atoms with E-state index >= 15 is 0 Å². The molecule has 0 spiro atoms. The Morgan fingerprint density at radius 2 is 2.16 bits per heavy atom. The average Bonchev–Trinajstić information content (AvgIpc) is 3.09. The first-order valence-corrected chi connectivity index (χ1v) is 6.34. The van der Waals surface area contributed by atoms with Crippen molar-refractivity contribution in [2.75, 3.05) is 6.61 Å². The van der Waals surface area contributed by atoms with Crippen molar-refractivity contribution < 1.29 is 14.3 Å². The standard InChI is InChI=1S/C14H19FN2O2/c1-13(2,9-18)16-12(19)17-14(6-7-14)10-4-3-5-11(15)8-10/h3-5,8,18H,6-7,9H2,1-2H3,(H2,16,17,19). The molecule has 0 heterocycles. The van der Waals surface area contributed by atoms with Gasteiger partial charge in [0.25, 0.3) is 0 Å². The first kappa shape index (κ1) is 13.8. The lowest BCUT2D eigenvalue weighted by atomic mass is 10.0. The predicted molar refractivity (Wildman–Crippen MR) is 70.1 cm³/mol. The normalized spacial score (nSPS) is 16.8. The number of amides is 2. The smallest absolute Gasteiger partial charge is 0.315 e. The zero-order chi connectivity index (χ0) is 14.1. The van der Waals surface area contributed by atoms with Gasteiger partial charge in [-0.25, -0.2) is 9.18 Å². The van der Waals surface area contributed by atoms with E-state index in [1.54, 1.807) is 19.9 Å². The lowest BCUT2D eigenvalue weighted by Gasteiger charge is -2.26. The van der Waals surface area contributed by atoms with E-state index in [1.807, 2.05) is 6.07 Å². The SMILES string of the molecule is CC(C)(CO)NC(=O)NC1(c2cccc(F)c2)CC1. The molecule has 1 aromatic carbocycles. The maximum absolute atomic E-state index is 13.2. The first-order chi connectivity index (χ1) is 8.87. The second-order valence-corrected chi connectivity index (χ2v) is 5.71. The van der Waals surface area contributed by atoms with Crippen molar-refractivity contribution in [3.8, 4) is 0 Å². The largest absolute Gasteiger partial charge is 0.394 e. The monoisotopic (exact) mass is 266 g/mol. The number of hydrogen-bond donors (Lipinski definition) is 3. The molecular weight excluding hydrogens is 247 g/mol. The molecule has 0 bridgehead atoms. The van der Waals surface area contributed by atoms with Crippen molar-refractivity contribution in [1.82, 2.24) is 10.6 Å². The summed E-state index contributed by atoms with van der Waals surface area (Å²) in [5.74, 6) is -0.304. The second kappa shape index (κ2) is 4.81. The number of benzene rings is 1. The highest BCUT2D eigenvalue weighted by molar-refractivity contribution is 5.76. The van der Waals surface area contributed by atoms with Crippen molar-refractivity contribution in [3.63, 3.8) is 0 Å². The molecule has 4 nitrogen and oxygen atoms in total. The van der Waals surface area contributed by atoms with Gasteiger partial charge in [0.05, 0.1) is 17.7 Å². The molecule has 5 heteroatoms. The third kappa shape index (κ3) is 3.23. The minimum atomic E-state index is -0.678. The van der Waals surface area contributed by atoms with E-state index in [2.05, 4.69) is 10.6 Å². The average molecular weight is 266 g/mol. The van der Waals surface area contributed by atoms with Crippen LogP contribution in [0.1, 0.15) is 32.3 Å². The number of carbonyl (C=O) groups excluding carboxylic acids is 1. The number of carbonyl (C=O) groups is 1. The van der Waals surface area contributed by atoms with Crippen LogP contribution in [0.5, 0.6) is 0 Å². The quantitative estimate of drug-likeness (QED) is 0.779. The Labute approximate surface area is 112 Å². The highest BCUT2D eigenvalue weighted by Gasteiger charge is 2.46. The molecule has 1 aliphatic carbocycles. The van der Waals surface area contributed by atoms with Gasteiger partial charge in [-0.15, -0.1) is 0 Å². The summed E-state index contributed by atoms with van der Waals surface area (Å²) in [4.78, 5) is 11.9. The fraction of sp³-hybridized carbons (Fsp3) is 0.500. The number of halogens is 1. The minimum Gasteiger partial charge on any atom is -0.394 e. The van der Waals surface area contributed by atoms with Crippen molar-refractivity contribution in [2.24, 2.45) is 0 Å². The first-order valence-electron chi connectivity index (χ1n) is 6.34. The van der Waals surface area contributed by atoms with Crippen LogP contribution >= 0.6 is 0 Å².